The number of hydrogen-bond acceptors (Lipinski definition) is 5. The number of ether oxygens (including phenoxy) is 1. The van der Waals surface area contributed by atoms with Crippen molar-refractivity contribution in [3.05, 3.63) is 35.8 Å². The van der Waals surface area contributed by atoms with Gasteiger partial charge in [0.2, 0.25) is 5.95 Å². The third-order valence-electron chi connectivity index (χ3n) is 2.90. The summed E-state index contributed by atoms with van der Waals surface area (Å²) in [7, 11) is 1.32. The largest absolute Gasteiger partial charge is 0.486 e. The van der Waals surface area contributed by atoms with E-state index in [-0.39, 0.29) is 29.3 Å². The van der Waals surface area contributed by atoms with E-state index in [0.717, 1.165) is 0 Å². The second-order valence-electron chi connectivity index (χ2n) is 5.11. The molecule has 1 heterocycles. The predicted octanol–water partition coefficient (Wildman–Crippen LogP) is 4.21. The van der Waals surface area contributed by atoms with Crippen molar-refractivity contribution in [2.45, 2.75) is 26.1 Å². The average molecular weight is 344 g/mol. The smallest absolute Gasteiger partial charge is 0.421 e. The van der Waals surface area contributed by atoms with Gasteiger partial charge in [-0.2, -0.15) is 18.2 Å². The summed E-state index contributed by atoms with van der Waals surface area (Å²) in [6, 6.07) is 4.17. The molecule has 0 atom stereocenters. The Morgan fingerprint density at radius 2 is 1.92 bits per heavy atom. The van der Waals surface area contributed by atoms with E-state index in [1.165, 1.54) is 25.2 Å². The summed E-state index contributed by atoms with van der Waals surface area (Å²) in [5.74, 6) is -1.16. The van der Waals surface area contributed by atoms with E-state index in [9.17, 15) is 17.6 Å². The highest BCUT2D eigenvalue weighted by atomic mass is 19.4. The summed E-state index contributed by atoms with van der Waals surface area (Å²) in [6.07, 6.45) is -4.21. The molecule has 0 fully saturated rings. The van der Waals surface area contributed by atoms with Gasteiger partial charge in [0.1, 0.15) is 11.4 Å². The Morgan fingerprint density at radius 1 is 1.21 bits per heavy atom. The van der Waals surface area contributed by atoms with E-state index in [0.29, 0.717) is 6.20 Å². The molecule has 2 rings (SSSR count). The number of hydrogen-bond donors (Lipinski definition) is 2. The number of benzene rings is 1. The summed E-state index contributed by atoms with van der Waals surface area (Å²) < 4.78 is 57.8. The van der Waals surface area contributed by atoms with Gasteiger partial charge in [-0.25, -0.2) is 9.37 Å². The van der Waals surface area contributed by atoms with Crippen LogP contribution < -0.4 is 15.4 Å². The number of anilines is 3. The zero-order valence-corrected chi connectivity index (χ0v) is 13.2. The van der Waals surface area contributed by atoms with Crippen LogP contribution in [0.2, 0.25) is 0 Å². The lowest BCUT2D eigenvalue weighted by atomic mass is 10.2. The standard InChI is InChI=1S/C15H16F4N4O/c1-8(2)24-12-10(16)5-4-6-11(12)22-14-21-7-9(15(17,18)19)13(20-3)23-14/h4-8H,1-3H3,(H2,20,21,22,23). The van der Waals surface area contributed by atoms with Gasteiger partial charge < -0.3 is 15.4 Å². The molecule has 0 bridgehead atoms. The number of para-hydroxylation sites is 1. The molecular formula is C15H16F4N4O. The van der Waals surface area contributed by atoms with Crippen molar-refractivity contribution in [1.29, 1.82) is 0 Å². The molecule has 0 spiro atoms. The maximum Gasteiger partial charge on any atom is 0.421 e. The van der Waals surface area contributed by atoms with Crippen LogP contribution >= 0.6 is 0 Å². The highest BCUT2D eigenvalue weighted by Crippen LogP contribution is 2.35. The third-order valence-corrected chi connectivity index (χ3v) is 2.90. The summed E-state index contributed by atoms with van der Waals surface area (Å²) in [5, 5.41) is 5.05. The summed E-state index contributed by atoms with van der Waals surface area (Å²) >= 11 is 0. The molecule has 130 valence electrons. The van der Waals surface area contributed by atoms with Crippen molar-refractivity contribution in [2.24, 2.45) is 0 Å². The SMILES string of the molecule is CNc1nc(Nc2cccc(F)c2OC(C)C)ncc1C(F)(F)F. The molecule has 9 heteroatoms. The van der Waals surface area contributed by atoms with Gasteiger partial charge in [0.25, 0.3) is 0 Å². The summed E-state index contributed by atoms with van der Waals surface area (Å²) in [4.78, 5) is 7.41. The monoisotopic (exact) mass is 344 g/mol. The Bertz CT molecular complexity index is 719. The topological polar surface area (TPSA) is 59.1 Å². The van der Waals surface area contributed by atoms with Crippen molar-refractivity contribution in [3.8, 4) is 5.75 Å². The fraction of sp³-hybridized carbons (Fsp3) is 0.333. The van der Waals surface area contributed by atoms with Crippen molar-refractivity contribution >= 4 is 17.5 Å². The zero-order chi connectivity index (χ0) is 17.9. The maximum absolute atomic E-state index is 13.9. The van der Waals surface area contributed by atoms with Gasteiger partial charge in [0.05, 0.1) is 11.8 Å². The van der Waals surface area contributed by atoms with Gasteiger partial charge in [0.15, 0.2) is 11.6 Å². The van der Waals surface area contributed by atoms with Gasteiger partial charge in [0, 0.05) is 13.2 Å². The van der Waals surface area contributed by atoms with Crippen molar-refractivity contribution in [2.75, 3.05) is 17.7 Å². The maximum atomic E-state index is 13.9. The van der Waals surface area contributed by atoms with Crippen molar-refractivity contribution < 1.29 is 22.3 Å². The molecule has 1 aromatic carbocycles. The first kappa shape index (κ1) is 17.8. The van der Waals surface area contributed by atoms with E-state index in [4.69, 9.17) is 4.74 Å². The number of halogens is 4. The Hall–Kier alpha value is -2.58. The highest BCUT2D eigenvalue weighted by molar-refractivity contribution is 5.64. The van der Waals surface area contributed by atoms with Crippen molar-refractivity contribution in [3.63, 3.8) is 0 Å². The molecular weight excluding hydrogens is 328 g/mol. The Kier molecular flexibility index (Phi) is 5.10. The van der Waals surface area contributed by atoms with Crippen LogP contribution in [0.3, 0.4) is 0 Å². The fourth-order valence-corrected chi connectivity index (χ4v) is 1.92. The minimum absolute atomic E-state index is 0.0537. The molecule has 0 radical (unpaired) electrons. The number of aromatic nitrogens is 2. The van der Waals surface area contributed by atoms with E-state index in [2.05, 4.69) is 20.6 Å². The molecule has 2 aromatic rings. The van der Waals surface area contributed by atoms with Crippen molar-refractivity contribution in [1.82, 2.24) is 9.97 Å². The third kappa shape index (κ3) is 4.03. The highest BCUT2D eigenvalue weighted by Gasteiger charge is 2.35. The van der Waals surface area contributed by atoms with E-state index < -0.39 is 17.6 Å². The first-order valence-corrected chi connectivity index (χ1v) is 7.06. The molecule has 2 N–H and O–H groups in total. The van der Waals surface area contributed by atoms with Crippen LogP contribution in [0.5, 0.6) is 5.75 Å². The van der Waals surface area contributed by atoms with Crippen LogP contribution in [0, 0.1) is 5.82 Å². The van der Waals surface area contributed by atoms with Crippen LogP contribution in [-0.4, -0.2) is 23.1 Å². The van der Waals surface area contributed by atoms with Crippen LogP contribution in [0.1, 0.15) is 19.4 Å². The first-order chi connectivity index (χ1) is 11.2. The van der Waals surface area contributed by atoms with Crippen LogP contribution in [0.4, 0.5) is 35.0 Å². The Labute approximate surface area is 136 Å². The molecule has 24 heavy (non-hydrogen) atoms. The number of nitrogens with one attached hydrogen (secondary N) is 2. The Balaban J connectivity index is 2.37. The van der Waals surface area contributed by atoms with E-state index in [1.807, 2.05) is 0 Å². The summed E-state index contributed by atoms with van der Waals surface area (Å²) in [5.41, 5.74) is -0.779. The molecule has 1 aromatic heterocycles. The lowest BCUT2D eigenvalue weighted by Crippen LogP contribution is -2.13. The molecule has 0 aliphatic carbocycles. The quantitative estimate of drug-likeness (QED) is 0.796. The van der Waals surface area contributed by atoms with Gasteiger partial charge in [-0.15, -0.1) is 0 Å². The molecule has 0 aliphatic heterocycles. The number of alkyl halides is 3. The lowest BCUT2D eigenvalue weighted by Gasteiger charge is -2.16. The van der Waals surface area contributed by atoms with Gasteiger partial charge >= 0.3 is 6.18 Å². The van der Waals surface area contributed by atoms with E-state index in [1.54, 1.807) is 13.8 Å². The number of nitrogens with zero attached hydrogens (tertiary/aromatic N) is 2. The molecule has 0 saturated carbocycles. The second-order valence-corrected chi connectivity index (χ2v) is 5.11. The zero-order valence-electron chi connectivity index (χ0n) is 13.2. The van der Waals surface area contributed by atoms with Gasteiger partial charge in [-0.1, -0.05) is 6.07 Å². The molecule has 0 unspecified atom stereocenters. The molecule has 0 saturated heterocycles. The molecule has 0 amide bonds. The van der Waals surface area contributed by atoms with Crippen LogP contribution in [0.15, 0.2) is 24.4 Å². The molecule has 5 nitrogen and oxygen atoms in total. The van der Waals surface area contributed by atoms with Crippen LogP contribution in [-0.2, 0) is 6.18 Å². The lowest BCUT2D eigenvalue weighted by molar-refractivity contribution is -0.137. The fourth-order valence-electron chi connectivity index (χ4n) is 1.92. The normalized spacial score (nSPS) is 11.5. The van der Waals surface area contributed by atoms with Gasteiger partial charge in [-0.3, -0.25) is 0 Å². The van der Waals surface area contributed by atoms with Gasteiger partial charge in [-0.05, 0) is 26.0 Å². The number of rotatable bonds is 5. The second kappa shape index (κ2) is 6.90. The van der Waals surface area contributed by atoms with Crippen LogP contribution in [0.25, 0.3) is 0 Å². The Morgan fingerprint density at radius 3 is 2.50 bits per heavy atom. The first-order valence-electron chi connectivity index (χ1n) is 7.06. The van der Waals surface area contributed by atoms with E-state index >= 15 is 0 Å². The minimum atomic E-state index is -4.58. The minimum Gasteiger partial charge on any atom is -0.486 e. The summed E-state index contributed by atoms with van der Waals surface area (Å²) in [6.45, 7) is 3.45. The predicted molar refractivity (Wildman–Crippen MR) is 82.0 cm³/mol. The average Bonchev–Trinajstić information content (AvgIpc) is 2.49. The molecule has 0 aliphatic rings.